The summed E-state index contributed by atoms with van der Waals surface area (Å²) in [5.41, 5.74) is 0. The maximum Gasteiger partial charge on any atom is 0.0808 e. The monoisotopic (exact) mass is 256 g/mol. The van der Waals surface area contributed by atoms with Gasteiger partial charge in [0.05, 0.1) is 17.9 Å². The molecule has 0 spiro atoms. The highest BCUT2D eigenvalue weighted by Gasteiger charge is 2.23. The van der Waals surface area contributed by atoms with Crippen molar-refractivity contribution in [3.8, 4) is 6.07 Å². The van der Waals surface area contributed by atoms with Crippen LogP contribution in [-0.4, -0.2) is 47.8 Å². The van der Waals surface area contributed by atoms with Crippen molar-refractivity contribution in [2.45, 2.75) is 38.2 Å². The Hall–Kier alpha value is -0.240. The summed E-state index contributed by atoms with van der Waals surface area (Å²) in [5.74, 6) is 2.14. The summed E-state index contributed by atoms with van der Waals surface area (Å²) in [5, 5.41) is 18.3. The molecule has 0 aromatic rings. The van der Waals surface area contributed by atoms with E-state index in [2.05, 4.69) is 18.0 Å². The minimum Gasteiger partial charge on any atom is -0.393 e. The van der Waals surface area contributed by atoms with E-state index >= 15 is 0 Å². The Bertz CT molecular complexity index is 242. The Morgan fingerprint density at radius 2 is 2.18 bits per heavy atom. The highest BCUT2D eigenvalue weighted by atomic mass is 32.2. The van der Waals surface area contributed by atoms with E-state index in [1.807, 2.05) is 0 Å². The lowest BCUT2D eigenvalue weighted by molar-refractivity contribution is 0.0515. The van der Waals surface area contributed by atoms with Crippen molar-refractivity contribution in [3.63, 3.8) is 0 Å². The molecule has 3 nitrogen and oxygen atoms in total. The van der Waals surface area contributed by atoms with Gasteiger partial charge < -0.3 is 10.0 Å². The molecule has 1 aliphatic carbocycles. The van der Waals surface area contributed by atoms with Crippen molar-refractivity contribution < 1.29 is 5.11 Å². The highest BCUT2D eigenvalue weighted by Crippen LogP contribution is 2.24. The maximum absolute atomic E-state index is 9.89. The van der Waals surface area contributed by atoms with Crippen molar-refractivity contribution >= 4 is 11.8 Å². The van der Waals surface area contributed by atoms with Crippen LogP contribution in [0.15, 0.2) is 0 Å². The molecule has 0 radical (unpaired) electrons. The van der Waals surface area contributed by atoms with Gasteiger partial charge in [-0.3, -0.25) is 0 Å². The molecule has 4 heteroatoms. The van der Waals surface area contributed by atoms with Gasteiger partial charge in [-0.2, -0.15) is 5.26 Å². The first-order valence-corrected chi connectivity index (χ1v) is 7.71. The molecule has 98 valence electrons. The quantitative estimate of drug-likeness (QED) is 0.709. The summed E-state index contributed by atoms with van der Waals surface area (Å²) < 4.78 is 0. The van der Waals surface area contributed by atoms with Gasteiger partial charge in [-0.25, -0.2) is 0 Å². The van der Waals surface area contributed by atoms with Crippen LogP contribution in [0.1, 0.15) is 32.1 Å². The fraction of sp³-hybridized carbons (Fsp3) is 0.923. The van der Waals surface area contributed by atoms with Crippen molar-refractivity contribution in [3.05, 3.63) is 0 Å². The number of rotatable bonds is 7. The van der Waals surface area contributed by atoms with Crippen LogP contribution < -0.4 is 0 Å². The Kier molecular flexibility index (Phi) is 7.67. The van der Waals surface area contributed by atoms with Gasteiger partial charge in [0.1, 0.15) is 0 Å². The fourth-order valence-electron chi connectivity index (χ4n) is 2.45. The number of hydrogen-bond donors (Lipinski definition) is 1. The second-order valence-electron chi connectivity index (χ2n) is 4.94. The van der Waals surface area contributed by atoms with E-state index in [-0.39, 0.29) is 6.10 Å². The van der Waals surface area contributed by atoms with Gasteiger partial charge >= 0.3 is 0 Å². The molecule has 1 rings (SSSR count). The zero-order valence-corrected chi connectivity index (χ0v) is 11.6. The van der Waals surface area contributed by atoms with Crippen LogP contribution in [0.2, 0.25) is 0 Å². The average molecular weight is 256 g/mol. The van der Waals surface area contributed by atoms with Crippen LogP contribution in [-0.2, 0) is 0 Å². The van der Waals surface area contributed by atoms with Crippen molar-refractivity contribution in [2.24, 2.45) is 5.92 Å². The summed E-state index contributed by atoms with van der Waals surface area (Å²) in [6, 6.07) is 2.14. The van der Waals surface area contributed by atoms with Crippen LogP contribution >= 0.6 is 11.8 Å². The molecule has 0 aliphatic heterocycles. The van der Waals surface area contributed by atoms with E-state index in [0.717, 1.165) is 31.7 Å². The summed E-state index contributed by atoms with van der Waals surface area (Å²) in [7, 11) is 2.14. The summed E-state index contributed by atoms with van der Waals surface area (Å²) in [4.78, 5) is 2.33. The van der Waals surface area contributed by atoms with Gasteiger partial charge in [0, 0.05) is 6.54 Å². The summed E-state index contributed by atoms with van der Waals surface area (Å²) >= 11 is 1.70. The molecular formula is C13H24N2OS. The third kappa shape index (κ3) is 6.30. The minimum atomic E-state index is -0.0841. The van der Waals surface area contributed by atoms with Crippen LogP contribution in [0.25, 0.3) is 0 Å². The molecule has 0 heterocycles. The number of nitriles is 1. The zero-order chi connectivity index (χ0) is 12.5. The number of nitrogens with zero attached hydrogens (tertiary/aromatic N) is 2. The first-order chi connectivity index (χ1) is 8.24. The molecule has 2 unspecified atom stereocenters. The van der Waals surface area contributed by atoms with Crippen LogP contribution in [0, 0.1) is 17.2 Å². The number of aliphatic hydroxyl groups is 1. The number of hydrogen-bond acceptors (Lipinski definition) is 4. The van der Waals surface area contributed by atoms with Crippen LogP contribution in [0.4, 0.5) is 0 Å². The molecule has 0 aromatic heterocycles. The minimum absolute atomic E-state index is 0.0841. The van der Waals surface area contributed by atoms with Crippen molar-refractivity contribution in [1.29, 1.82) is 5.26 Å². The normalized spacial score (nSPS) is 24.8. The van der Waals surface area contributed by atoms with Gasteiger partial charge in [0.2, 0.25) is 0 Å². The Labute approximate surface area is 109 Å². The van der Waals surface area contributed by atoms with E-state index in [9.17, 15) is 5.11 Å². The third-order valence-corrected chi connectivity index (χ3v) is 4.32. The first kappa shape index (κ1) is 14.8. The third-order valence-electron chi connectivity index (χ3n) is 3.41. The van der Waals surface area contributed by atoms with Gasteiger partial charge in [-0.1, -0.05) is 12.8 Å². The van der Waals surface area contributed by atoms with E-state index in [1.54, 1.807) is 11.8 Å². The first-order valence-electron chi connectivity index (χ1n) is 6.55. The summed E-state index contributed by atoms with van der Waals surface area (Å²) in [6.45, 7) is 2.09. The standard InChI is InChI=1S/C13H24N2OS/c1-15(8-4-9-17-10-7-14)11-12-5-2-3-6-13(12)16/h12-13,16H,2-6,8-11H2,1H3. The largest absolute Gasteiger partial charge is 0.393 e. The molecule has 0 aromatic carbocycles. The predicted octanol–water partition coefficient (Wildman–Crippen LogP) is 2.12. The average Bonchev–Trinajstić information content (AvgIpc) is 2.32. The van der Waals surface area contributed by atoms with E-state index in [0.29, 0.717) is 11.7 Å². The van der Waals surface area contributed by atoms with E-state index < -0.39 is 0 Å². The van der Waals surface area contributed by atoms with Gasteiger partial charge in [0.15, 0.2) is 0 Å². The molecule has 1 saturated carbocycles. The van der Waals surface area contributed by atoms with Gasteiger partial charge in [0.25, 0.3) is 0 Å². The maximum atomic E-state index is 9.89. The van der Waals surface area contributed by atoms with Crippen molar-refractivity contribution in [2.75, 3.05) is 31.6 Å². The zero-order valence-electron chi connectivity index (χ0n) is 10.8. The predicted molar refractivity (Wildman–Crippen MR) is 73.0 cm³/mol. The second-order valence-corrected chi connectivity index (χ2v) is 6.04. The lowest BCUT2D eigenvalue weighted by atomic mass is 9.86. The Balaban J connectivity index is 2.07. The molecular weight excluding hydrogens is 232 g/mol. The molecule has 0 bridgehead atoms. The number of thioether (sulfide) groups is 1. The van der Waals surface area contributed by atoms with Crippen LogP contribution in [0.5, 0.6) is 0 Å². The molecule has 17 heavy (non-hydrogen) atoms. The summed E-state index contributed by atoms with van der Waals surface area (Å²) in [6.07, 6.45) is 5.66. The highest BCUT2D eigenvalue weighted by molar-refractivity contribution is 7.99. The van der Waals surface area contributed by atoms with Crippen LogP contribution in [0.3, 0.4) is 0 Å². The van der Waals surface area contributed by atoms with Gasteiger partial charge in [-0.05, 0) is 44.5 Å². The molecule has 0 saturated heterocycles. The topological polar surface area (TPSA) is 47.3 Å². The molecule has 1 fully saturated rings. The molecule has 0 amide bonds. The second kappa shape index (κ2) is 8.79. The van der Waals surface area contributed by atoms with Gasteiger partial charge in [-0.15, -0.1) is 11.8 Å². The van der Waals surface area contributed by atoms with E-state index in [4.69, 9.17) is 5.26 Å². The van der Waals surface area contributed by atoms with E-state index in [1.165, 1.54) is 19.3 Å². The fourth-order valence-corrected chi connectivity index (χ4v) is 3.02. The molecule has 1 N–H and O–H groups in total. The lowest BCUT2D eigenvalue weighted by Gasteiger charge is -2.31. The SMILES string of the molecule is CN(CCCSCC#N)CC1CCCCC1O. The molecule has 1 aliphatic rings. The number of aliphatic hydroxyl groups excluding tert-OH is 1. The lowest BCUT2D eigenvalue weighted by Crippen LogP contribution is -2.35. The Morgan fingerprint density at radius 3 is 2.88 bits per heavy atom. The smallest absolute Gasteiger partial charge is 0.0808 e. The Morgan fingerprint density at radius 1 is 1.41 bits per heavy atom. The molecule has 2 atom stereocenters. The van der Waals surface area contributed by atoms with Crippen molar-refractivity contribution in [1.82, 2.24) is 4.90 Å².